The molecule has 3 nitrogen and oxygen atoms in total. The van der Waals surface area contributed by atoms with Crippen LogP contribution in [0.2, 0.25) is 5.02 Å². The Morgan fingerprint density at radius 2 is 2.19 bits per heavy atom. The molecule has 4 heteroatoms. The number of rotatable bonds is 4. The zero-order valence-electron chi connectivity index (χ0n) is 15.2. The summed E-state index contributed by atoms with van der Waals surface area (Å²) < 4.78 is 2.17. The highest BCUT2D eigenvalue weighted by Crippen LogP contribution is 2.38. The van der Waals surface area contributed by atoms with E-state index in [9.17, 15) is 0 Å². The molecule has 1 aromatic heterocycles. The molecule has 0 amide bonds. The number of imidazole rings is 1. The van der Waals surface area contributed by atoms with Crippen molar-refractivity contribution in [2.45, 2.75) is 45.2 Å². The molecule has 4 rings (SSSR count). The Labute approximate surface area is 160 Å². The topological polar surface area (TPSA) is 29.9 Å². The minimum Gasteiger partial charge on any atom is -0.383 e. The van der Waals surface area contributed by atoms with Crippen molar-refractivity contribution in [2.24, 2.45) is 0 Å². The van der Waals surface area contributed by atoms with Gasteiger partial charge in [-0.3, -0.25) is 0 Å². The summed E-state index contributed by atoms with van der Waals surface area (Å²) in [6.07, 6.45) is 14.9. The monoisotopic (exact) mass is 365 g/mol. The smallest absolute Gasteiger partial charge is 0.0949 e. The third kappa shape index (κ3) is 3.36. The molecule has 0 saturated heterocycles. The van der Waals surface area contributed by atoms with E-state index in [2.05, 4.69) is 64.5 Å². The quantitative estimate of drug-likeness (QED) is 0.803. The average molecular weight is 366 g/mol. The highest BCUT2D eigenvalue weighted by molar-refractivity contribution is 6.30. The predicted octanol–water partition coefficient (Wildman–Crippen LogP) is 5.24. The third-order valence-corrected chi connectivity index (χ3v) is 5.58. The molecule has 2 atom stereocenters. The van der Waals surface area contributed by atoms with E-state index in [-0.39, 0.29) is 0 Å². The maximum Gasteiger partial charge on any atom is 0.0949 e. The Balaban J connectivity index is 1.63. The first-order chi connectivity index (χ1) is 12.6. The van der Waals surface area contributed by atoms with Crippen LogP contribution in [-0.4, -0.2) is 15.6 Å². The largest absolute Gasteiger partial charge is 0.383 e. The molecular formula is C22H24ClN3. The average Bonchev–Trinajstić information content (AvgIpc) is 3.01. The van der Waals surface area contributed by atoms with Crippen LogP contribution >= 0.6 is 11.6 Å². The number of hydrogen-bond donors (Lipinski definition) is 1. The molecule has 0 radical (unpaired) electrons. The Kier molecular flexibility index (Phi) is 4.73. The van der Waals surface area contributed by atoms with Crippen molar-refractivity contribution in [3.63, 3.8) is 0 Å². The molecule has 1 aromatic carbocycles. The SMILES string of the molecule is Cc1cn(CCCC2=Cc3cc(Cl)ccc3C(C)C3NC=CC=C23)cn1. The first kappa shape index (κ1) is 17.2. The van der Waals surface area contributed by atoms with Gasteiger partial charge >= 0.3 is 0 Å². The standard InChI is InChI=1S/C22H24ClN3/c1-15-13-26(14-25-15)10-4-5-17-11-18-12-19(23)7-8-20(18)16(2)22-21(17)6-3-9-24-22/h3,6-9,11-14,16,22,24H,4-5,10H2,1-2H3. The van der Waals surface area contributed by atoms with E-state index in [4.69, 9.17) is 11.6 Å². The summed E-state index contributed by atoms with van der Waals surface area (Å²) in [7, 11) is 0. The number of halogens is 1. The Bertz CT molecular complexity index is 904. The lowest BCUT2D eigenvalue weighted by Gasteiger charge is -2.29. The van der Waals surface area contributed by atoms with Crippen LogP contribution < -0.4 is 5.32 Å². The van der Waals surface area contributed by atoms with Gasteiger partial charge in [0, 0.05) is 23.7 Å². The molecule has 2 heterocycles. The van der Waals surface area contributed by atoms with E-state index in [0.717, 1.165) is 30.1 Å². The second-order valence-electron chi connectivity index (χ2n) is 7.21. The summed E-state index contributed by atoms with van der Waals surface area (Å²) in [5.74, 6) is 0.392. The van der Waals surface area contributed by atoms with Crippen molar-refractivity contribution in [3.8, 4) is 0 Å². The van der Waals surface area contributed by atoms with Crippen molar-refractivity contribution in [1.82, 2.24) is 14.9 Å². The van der Waals surface area contributed by atoms with Gasteiger partial charge < -0.3 is 9.88 Å². The van der Waals surface area contributed by atoms with Crippen molar-refractivity contribution < 1.29 is 0 Å². The van der Waals surface area contributed by atoms with Crippen LogP contribution in [0.4, 0.5) is 0 Å². The van der Waals surface area contributed by atoms with Gasteiger partial charge in [-0.15, -0.1) is 0 Å². The molecule has 1 aliphatic carbocycles. The van der Waals surface area contributed by atoms with Gasteiger partial charge in [0.2, 0.25) is 0 Å². The Morgan fingerprint density at radius 1 is 1.31 bits per heavy atom. The van der Waals surface area contributed by atoms with Crippen molar-refractivity contribution in [3.05, 3.63) is 82.1 Å². The zero-order valence-corrected chi connectivity index (χ0v) is 16.0. The fourth-order valence-electron chi connectivity index (χ4n) is 4.02. The first-order valence-corrected chi connectivity index (χ1v) is 9.61. The molecule has 0 spiro atoms. The molecular weight excluding hydrogens is 342 g/mol. The fraction of sp³-hybridized carbons (Fsp3) is 0.318. The van der Waals surface area contributed by atoms with E-state index in [1.54, 1.807) is 0 Å². The predicted molar refractivity (Wildman–Crippen MR) is 108 cm³/mol. The molecule has 134 valence electrons. The molecule has 2 unspecified atom stereocenters. The van der Waals surface area contributed by atoms with Crippen molar-refractivity contribution in [2.75, 3.05) is 0 Å². The van der Waals surface area contributed by atoms with E-state index in [0.29, 0.717) is 12.0 Å². The van der Waals surface area contributed by atoms with Gasteiger partial charge in [-0.25, -0.2) is 4.98 Å². The van der Waals surface area contributed by atoms with Crippen molar-refractivity contribution >= 4 is 17.7 Å². The summed E-state index contributed by atoms with van der Waals surface area (Å²) in [6.45, 7) is 5.31. The highest BCUT2D eigenvalue weighted by atomic mass is 35.5. The van der Waals surface area contributed by atoms with Crippen LogP contribution in [0.1, 0.15) is 42.5 Å². The molecule has 1 N–H and O–H groups in total. The van der Waals surface area contributed by atoms with Gasteiger partial charge in [-0.05, 0) is 66.4 Å². The number of hydrogen-bond acceptors (Lipinski definition) is 2. The Hall–Kier alpha value is -2.26. The molecule has 0 saturated carbocycles. The van der Waals surface area contributed by atoms with Crippen molar-refractivity contribution in [1.29, 1.82) is 0 Å². The van der Waals surface area contributed by atoms with Gasteiger partial charge in [0.05, 0.1) is 18.1 Å². The molecule has 0 bridgehead atoms. The Morgan fingerprint density at radius 3 is 3.00 bits per heavy atom. The minimum atomic E-state index is 0.309. The van der Waals surface area contributed by atoms with Crippen LogP contribution in [0.15, 0.2) is 60.2 Å². The lowest BCUT2D eigenvalue weighted by Crippen LogP contribution is -2.33. The van der Waals surface area contributed by atoms with E-state index in [1.165, 1.54) is 22.3 Å². The molecule has 2 aromatic rings. The summed E-state index contributed by atoms with van der Waals surface area (Å²) in [4.78, 5) is 4.32. The lowest BCUT2D eigenvalue weighted by atomic mass is 9.85. The summed E-state index contributed by atoms with van der Waals surface area (Å²) in [6, 6.07) is 6.58. The maximum atomic E-state index is 6.28. The number of dihydropyridines is 1. The lowest BCUT2D eigenvalue weighted by molar-refractivity contribution is 0.559. The molecule has 2 aliphatic rings. The highest BCUT2D eigenvalue weighted by Gasteiger charge is 2.29. The van der Waals surface area contributed by atoms with Crippen LogP contribution in [0.25, 0.3) is 6.08 Å². The number of aromatic nitrogens is 2. The zero-order chi connectivity index (χ0) is 18.1. The molecule has 26 heavy (non-hydrogen) atoms. The van der Waals surface area contributed by atoms with E-state index < -0.39 is 0 Å². The first-order valence-electron chi connectivity index (χ1n) is 9.23. The molecule has 1 aliphatic heterocycles. The fourth-order valence-corrected chi connectivity index (χ4v) is 4.20. The van der Waals surface area contributed by atoms with Crippen LogP contribution in [0.5, 0.6) is 0 Å². The van der Waals surface area contributed by atoms with Gasteiger partial charge in [0.15, 0.2) is 0 Å². The summed E-state index contributed by atoms with van der Waals surface area (Å²) in [5, 5.41) is 4.37. The number of fused-ring (bicyclic) bond motifs is 2. The number of allylic oxidation sites excluding steroid dienone is 2. The maximum absolute atomic E-state index is 6.28. The van der Waals surface area contributed by atoms with Crippen LogP contribution in [0, 0.1) is 6.92 Å². The van der Waals surface area contributed by atoms with Gasteiger partial charge in [0.25, 0.3) is 0 Å². The minimum absolute atomic E-state index is 0.309. The normalized spacial score (nSPS) is 21.2. The second kappa shape index (κ2) is 7.16. The summed E-state index contributed by atoms with van der Waals surface area (Å²) >= 11 is 6.28. The number of nitrogens with zero attached hydrogens (tertiary/aromatic N) is 2. The van der Waals surface area contributed by atoms with Gasteiger partial charge in [-0.2, -0.15) is 0 Å². The summed E-state index contributed by atoms with van der Waals surface area (Å²) in [5.41, 5.74) is 6.47. The number of aryl methyl sites for hydroxylation is 2. The van der Waals surface area contributed by atoms with Crippen LogP contribution in [-0.2, 0) is 6.54 Å². The number of benzene rings is 1. The molecule has 0 fully saturated rings. The van der Waals surface area contributed by atoms with E-state index in [1.807, 2.05) is 19.3 Å². The third-order valence-electron chi connectivity index (χ3n) is 5.35. The van der Waals surface area contributed by atoms with Gasteiger partial charge in [0.1, 0.15) is 0 Å². The number of nitrogens with one attached hydrogen (secondary N) is 1. The second-order valence-corrected chi connectivity index (χ2v) is 7.65. The van der Waals surface area contributed by atoms with E-state index >= 15 is 0 Å². The van der Waals surface area contributed by atoms with Gasteiger partial charge in [-0.1, -0.05) is 36.7 Å². The van der Waals surface area contributed by atoms with Crippen LogP contribution in [0.3, 0.4) is 0 Å².